The van der Waals surface area contributed by atoms with E-state index in [1.165, 1.54) is 19.2 Å². The maximum Gasteiger partial charge on any atom is 0.408 e. The third kappa shape index (κ3) is 8.46. The number of hydrogen-bond acceptors (Lipinski definition) is 9. The number of amides is 2. The molecule has 4 aromatic carbocycles. The Labute approximate surface area is 328 Å². The molecule has 3 atom stereocenters. The molecule has 6 N–H and O–H groups in total. The third-order valence-electron chi connectivity index (χ3n) is 10.7. The van der Waals surface area contributed by atoms with E-state index in [0.717, 1.165) is 37.1 Å². The second kappa shape index (κ2) is 17.0. The maximum atomic E-state index is 13.2. The zero-order valence-corrected chi connectivity index (χ0v) is 31.5. The number of aromatic amines is 1. The third-order valence-corrected chi connectivity index (χ3v) is 11.0. The molecule has 0 aliphatic carbocycles. The van der Waals surface area contributed by atoms with E-state index in [4.69, 9.17) is 21.1 Å². The number of aliphatic hydroxyl groups excluding tert-OH is 1. The van der Waals surface area contributed by atoms with Crippen molar-refractivity contribution in [3.05, 3.63) is 129 Å². The number of carbonyl (C=O) groups is 2. The molecule has 292 valence electrons. The summed E-state index contributed by atoms with van der Waals surface area (Å²) in [5, 5.41) is 38.5. The quantitative estimate of drug-likeness (QED) is 0.0796. The molecule has 0 radical (unpaired) electrons. The summed E-state index contributed by atoms with van der Waals surface area (Å²) in [5.41, 5.74) is 3.00. The van der Waals surface area contributed by atoms with Crippen molar-refractivity contribution in [2.45, 2.75) is 37.6 Å². The van der Waals surface area contributed by atoms with Gasteiger partial charge in [-0.15, -0.1) is 0 Å². The number of fused-ring (bicyclic) bond motifs is 4. The van der Waals surface area contributed by atoms with E-state index >= 15 is 0 Å². The highest BCUT2D eigenvalue weighted by Gasteiger charge is 2.43. The van der Waals surface area contributed by atoms with Gasteiger partial charge in [0, 0.05) is 42.7 Å². The van der Waals surface area contributed by atoms with E-state index in [-0.39, 0.29) is 47.6 Å². The molecule has 3 saturated heterocycles. The molecular formula is C42H44ClN5O8. The number of phenolic OH excluding ortho intramolecular Hbond substituents is 1. The lowest BCUT2D eigenvalue weighted by molar-refractivity contribution is -0.118. The minimum absolute atomic E-state index is 0.0926. The fourth-order valence-electron chi connectivity index (χ4n) is 7.97. The van der Waals surface area contributed by atoms with Gasteiger partial charge in [-0.1, -0.05) is 60.1 Å². The molecule has 2 unspecified atom stereocenters. The number of methoxy groups -OCH3 is 1. The molecule has 2 amide bonds. The molecule has 13 nitrogen and oxygen atoms in total. The van der Waals surface area contributed by atoms with E-state index in [9.17, 15) is 29.7 Å². The van der Waals surface area contributed by atoms with Crippen LogP contribution in [0, 0.1) is 5.92 Å². The molecule has 0 spiro atoms. The second-order valence-corrected chi connectivity index (χ2v) is 14.6. The van der Waals surface area contributed by atoms with Crippen LogP contribution in [-0.2, 0) is 11.3 Å². The number of piperidine rings is 3. The number of nitrogens with one attached hydrogen (secondary N) is 3. The van der Waals surface area contributed by atoms with E-state index < -0.39 is 24.1 Å². The first kappa shape index (κ1) is 38.7. The van der Waals surface area contributed by atoms with Gasteiger partial charge in [-0.05, 0) is 78.9 Å². The van der Waals surface area contributed by atoms with Gasteiger partial charge in [0.25, 0.3) is 5.91 Å². The standard InChI is InChI=1S/C42H44ClN5O8/c1-55-37-20-33(32(43)19-28(37)21-44-22-36(50)30-10-12-35(49)40-31(30)11-13-38(51)46-40)45-39(52)24-56-29-9-5-8-27(18-29)41(26-6-3-2-4-7-26)48(42(53)54)34-23-47-16-14-25(34)15-17-47/h2-13,18-20,25,34,36,41,44,49-50H,14-17,21-24H2,1H3,(H,45,52)(H,46,51)(H,53,54)/t34?,36?,41-/m0/s1. The first-order valence-electron chi connectivity index (χ1n) is 18.5. The van der Waals surface area contributed by atoms with Gasteiger partial charge >= 0.3 is 6.09 Å². The number of benzene rings is 4. The fraction of sp³-hybridized carbons (Fsp3) is 0.310. The highest BCUT2D eigenvalue weighted by molar-refractivity contribution is 6.33. The molecule has 56 heavy (non-hydrogen) atoms. The van der Waals surface area contributed by atoms with Gasteiger partial charge in [0.2, 0.25) is 5.56 Å². The van der Waals surface area contributed by atoms with Crippen molar-refractivity contribution in [2.24, 2.45) is 5.92 Å². The Balaban J connectivity index is 1.00. The van der Waals surface area contributed by atoms with Crippen molar-refractivity contribution in [3.8, 4) is 17.2 Å². The molecule has 3 aliphatic heterocycles. The number of rotatable bonds is 14. The van der Waals surface area contributed by atoms with Crippen LogP contribution in [0.2, 0.25) is 5.02 Å². The van der Waals surface area contributed by atoms with Crippen LogP contribution >= 0.6 is 11.6 Å². The zero-order chi connectivity index (χ0) is 39.3. The van der Waals surface area contributed by atoms with E-state index in [0.29, 0.717) is 46.2 Å². The molecular weight excluding hydrogens is 738 g/mol. The van der Waals surface area contributed by atoms with Gasteiger partial charge in [-0.3, -0.25) is 14.5 Å². The van der Waals surface area contributed by atoms with Gasteiger partial charge in [0.15, 0.2) is 6.61 Å². The monoisotopic (exact) mass is 781 g/mol. The highest BCUT2D eigenvalue weighted by atomic mass is 35.5. The van der Waals surface area contributed by atoms with Crippen molar-refractivity contribution in [2.75, 3.05) is 45.2 Å². The Morgan fingerprint density at radius 1 is 1.00 bits per heavy atom. The number of aliphatic hydroxyl groups is 1. The lowest BCUT2D eigenvalue weighted by Crippen LogP contribution is -2.59. The predicted octanol–water partition coefficient (Wildman–Crippen LogP) is 5.90. The molecule has 3 fully saturated rings. The predicted molar refractivity (Wildman–Crippen MR) is 213 cm³/mol. The Hall–Kier alpha value is -5.60. The number of nitrogens with zero attached hydrogens (tertiary/aromatic N) is 2. The Morgan fingerprint density at radius 3 is 2.48 bits per heavy atom. The number of ether oxygens (including phenoxy) is 2. The Bertz CT molecular complexity index is 2260. The number of aromatic nitrogens is 1. The summed E-state index contributed by atoms with van der Waals surface area (Å²) in [6.07, 6.45) is 0.00551. The van der Waals surface area contributed by atoms with Crippen LogP contribution in [0.1, 0.15) is 47.2 Å². The average molecular weight is 782 g/mol. The minimum Gasteiger partial charge on any atom is -0.506 e. The molecule has 5 aromatic rings. The molecule has 2 bridgehead atoms. The number of aromatic hydroxyl groups is 1. The highest BCUT2D eigenvalue weighted by Crippen LogP contribution is 2.39. The van der Waals surface area contributed by atoms with Crippen LogP contribution in [-0.4, -0.2) is 88.0 Å². The SMILES string of the molecule is COc1cc(NC(=O)COc2cccc([C@H](c3ccccc3)N(C(=O)O)C3CN4CCC3CC4)c2)c(Cl)cc1CNCC(O)c1ccc(O)c2[nH]c(=O)ccc12. The van der Waals surface area contributed by atoms with Crippen LogP contribution in [0.3, 0.4) is 0 Å². The summed E-state index contributed by atoms with van der Waals surface area (Å²) >= 11 is 6.61. The number of H-pyrrole nitrogens is 1. The van der Waals surface area contributed by atoms with Crippen molar-refractivity contribution in [1.29, 1.82) is 0 Å². The number of halogens is 1. The Morgan fingerprint density at radius 2 is 1.77 bits per heavy atom. The normalized spacial score (nSPS) is 18.6. The lowest BCUT2D eigenvalue weighted by atomic mass is 9.81. The summed E-state index contributed by atoms with van der Waals surface area (Å²) in [6.45, 7) is 2.76. The van der Waals surface area contributed by atoms with Crippen LogP contribution in [0.25, 0.3) is 10.9 Å². The topological polar surface area (TPSA) is 177 Å². The molecule has 0 saturated carbocycles. The van der Waals surface area contributed by atoms with Crippen LogP contribution < -0.4 is 25.7 Å². The van der Waals surface area contributed by atoms with Crippen LogP contribution in [0.5, 0.6) is 17.2 Å². The van der Waals surface area contributed by atoms with E-state index in [2.05, 4.69) is 20.5 Å². The Kier molecular flexibility index (Phi) is 11.8. The largest absolute Gasteiger partial charge is 0.506 e. The minimum atomic E-state index is -0.975. The summed E-state index contributed by atoms with van der Waals surface area (Å²) in [5.74, 6) is 0.603. The number of carboxylic acid groups (broad SMARTS) is 1. The van der Waals surface area contributed by atoms with Crippen LogP contribution in [0.15, 0.2) is 95.8 Å². The number of hydrogen-bond donors (Lipinski definition) is 6. The summed E-state index contributed by atoms with van der Waals surface area (Å²) < 4.78 is 11.5. The summed E-state index contributed by atoms with van der Waals surface area (Å²) in [6, 6.07) is 25.3. The molecule has 3 aliphatic rings. The van der Waals surface area contributed by atoms with Gasteiger partial charge in [0.1, 0.15) is 17.2 Å². The molecule has 4 heterocycles. The van der Waals surface area contributed by atoms with Gasteiger partial charge in [0.05, 0.1) is 41.5 Å². The van der Waals surface area contributed by atoms with Gasteiger partial charge in [-0.2, -0.15) is 0 Å². The summed E-state index contributed by atoms with van der Waals surface area (Å²) in [7, 11) is 1.50. The van der Waals surface area contributed by atoms with Crippen molar-refractivity contribution >= 4 is 40.2 Å². The average Bonchev–Trinajstić information content (AvgIpc) is 3.21. The first-order chi connectivity index (χ1) is 27.1. The van der Waals surface area contributed by atoms with Crippen molar-refractivity contribution in [3.63, 3.8) is 0 Å². The number of pyridine rings is 1. The fourth-order valence-corrected chi connectivity index (χ4v) is 8.21. The number of phenols is 1. The number of carbonyl (C=O) groups excluding carboxylic acids is 1. The van der Waals surface area contributed by atoms with E-state index in [1.807, 2.05) is 36.4 Å². The number of anilines is 1. The van der Waals surface area contributed by atoms with Crippen LogP contribution in [0.4, 0.5) is 10.5 Å². The van der Waals surface area contributed by atoms with Gasteiger partial charge < -0.3 is 45.3 Å². The molecule has 8 rings (SSSR count). The molecule has 1 aromatic heterocycles. The lowest BCUT2D eigenvalue weighted by Gasteiger charge is -2.50. The zero-order valence-electron chi connectivity index (χ0n) is 30.8. The van der Waals surface area contributed by atoms with Crippen molar-refractivity contribution < 1.29 is 34.4 Å². The summed E-state index contributed by atoms with van der Waals surface area (Å²) in [4.78, 5) is 44.5. The first-order valence-corrected chi connectivity index (χ1v) is 18.9. The molecule has 14 heteroatoms. The van der Waals surface area contributed by atoms with Crippen molar-refractivity contribution in [1.82, 2.24) is 20.1 Å². The smallest absolute Gasteiger partial charge is 0.408 e. The maximum absolute atomic E-state index is 13.2. The second-order valence-electron chi connectivity index (χ2n) is 14.2. The van der Waals surface area contributed by atoms with E-state index in [1.54, 1.807) is 47.4 Å². The van der Waals surface area contributed by atoms with Gasteiger partial charge in [-0.25, -0.2) is 4.79 Å².